The maximum Gasteiger partial charge on any atom is 0.233 e. The Labute approximate surface area is 142 Å². The minimum Gasteiger partial charge on any atom is -0.341 e. The first-order valence-corrected chi connectivity index (χ1v) is 8.27. The number of carbonyl (C=O) groups is 1. The number of nitrogens with zero attached hydrogens (tertiary/aromatic N) is 5. The number of fused-ring (bicyclic) bond motifs is 1. The number of aromatic nitrogens is 4. The van der Waals surface area contributed by atoms with E-state index in [-0.39, 0.29) is 17.5 Å². The van der Waals surface area contributed by atoms with Crippen LogP contribution in [-0.2, 0) is 18.4 Å². The van der Waals surface area contributed by atoms with E-state index in [1.807, 2.05) is 7.05 Å². The van der Waals surface area contributed by atoms with Gasteiger partial charge in [0.05, 0.1) is 17.3 Å². The van der Waals surface area contributed by atoms with Crippen LogP contribution in [0.4, 0.5) is 4.39 Å². The third kappa shape index (κ3) is 3.53. The fraction of sp³-hybridized carbons (Fsp3) is 0.250. The van der Waals surface area contributed by atoms with Gasteiger partial charge in [-0.1, -0.05) is 23.9 Å². The van der Waals surface area contributed by atoms with Crippen LogP contribution in [0.25, 0.3) is 11.0 Å². The van der Waals surface area contributed by atoms with E-state index >= 15 is 0 Å². The lowest BCUT2D eigenvalue weighted by Crippen LogP contribution is -2.27. The highest BCUT2D eigenvalue weighted by Crippen LogP contribution is 2.24. The number of hydrogen-bond acceptors (Lipinski definition) is 5. The van der Waals surface area contributed by atoms with E-state index in [1.165, 1.54) is 30.2 Å². The predicted molar refractivity (Wildman–Crippen MR) is 89.9 cm³/mol. The molecule has 0 aliphatic rings. The topological polar surface area (TPSA) is 63.9 Å². The van der Waals surface area contributed by atoms with Crippen molar-refractivity contribution in [3.63, 3.8) is 0 Å². The molecule has 0 saturated heterocycles. The van der Waals surface area contributed by atoms with E-state index in [0.717, 1.165) is 21.6 Å². The van der Waals surface area contributed by atoms with Crippen molar-refractivity contribution in [1.82, 2.24) is 24.6 Å². The molecule has 6 nitrogen and oxygen atoms in total. The smallest absolute Gasteiger partial charge is 0.233 e. The molecule has 0 radical (unpaired) electrons. The Morgan fingerprint density at radius 2 is 2.04 bits per heavy atom. The number of halogens is 1. The van der Waals surface area contributed by atoms with Gasteiger partial charge < -0.3 is 4.90 Å². The average molecular weight is 345 g/mol. The summed E-state index contributed by atoms with van der Waals surface area (Å²) in [6.45, 7) is 0.436. The molecule has 0 aliphatic heterocycles. The zero-order valence-electron chi connectivity index (χ0n) is 13.3. The molecule has 0 unspecified atom stereocenters. The van der Waals surface area contributed by atoms with Crippen LogP contribution in [0.3, 0.4) is 0 Å². The van der Waals surface area contributed by atoms with Crippen molar-refractivity contribution in [3.05, 3.63) is 48.2 Å². The van der Waals surface area contributed by atoms with Gasteiger partial charge in [-0.25, -0.2) is 14.4 Å². The quantitative estimate of drug-likeness (QED) is 0.524. The van der Waals surface area contributed by atoms with Crippen LogP contribution in [0.1, 0.15) is 5.56 Å². The summed E-state index contributed by atoms with van der Waals surface area (Å²) in [6, 6.07) is 6.14. The Hall–Kier alpha value is -2.48. The van der Waals surface area contributed by atoms with Gasteiger partial charge in [0, 0.05) is 20.6 Å². The third-order valence-corrected chi connectivity index (χ3v) is 4.57. The summed E-state index contributed by atoms with van der Waals surface area (Å²) in [5, 5.41) is 5.72. The van der Waals surface area contributed by atoms with E-state index in [4.69, 9.17) is 0 Å². The Balaban J connectivity index is 1.63. The van der Waals surface area contributed by atoms with E-state index in [2.05, 4.69) is 15.1 Å². The van der Waals surface area contributed by atoms with E-state index in [0.29, 0.717) is 6.54 Å². The number of amides is 1. The molecular formula is C16H16FN5OS. The van der Waals surface area contributed by atoms with Gasteiger partial charge in [0.25, 0.3) is 0 Å². The summed E-state index contributed by atoms with van der Waals surface area (Å²) in [5.74, 6) is -0.0499. The first-order chi connectivity index (χ1) is 11.5. The summed E-state index contributed by atoms with van der Waals surface area (Å²) in [5.41, 5.74) is 1.62. The molecule has 124 valence electrons. The number of hydrogen-bond donors (Lipinski definition) is 0. The SMILES string of the molecule is CN(Cc1ccc(F)cc1)C(=O)CSc1ncnc2c1cnn2C. The average Bonchev–Trinajstić information content (AvgIpc) is 2.96. The zero-order chi connectivity index (χ0) is 17.1. The van der Waals surface area contributed by atoms with E-state index in [9.17, 15) is 9.18 Å². The van der Waals surface area contributed by atoms with Crippen LogP contribution < -0.4 is 0 Å². The summed E-state index contributed by atoms with van der Waals surface area (Å²) in [7, 11) is 3.54. The fourth-order valence-electron chi connectivity index (χ4n) is 2.25. The molecule has 0 spiro atoms. The minimum absolute atomic E-state index is 0.0278. The molecule has 24 heavy (non-hydrogen) atoms. The largest absolute Gasteiger partial charge is 0.341 e. The van der Waals surface area contributed by atoms with Crippen LogP contribution in [0.5, 0.6) is 0 Å². The number of aryl methyl sites for hydroxylation is 1. The van der Waals surface area contributed by atoms with Gasteiger partial charge in [0.2, 0.25) is 5.91 Å². The number of thioether (sulfide) groups is 1. The molecule has 0 aliphatic carbocycles. The second kappa shape index (κ2) is 6.96. The lowest BCUT2D eigenvalue weighted by molar-refractivity contribution is -0.127. The Kier molecular flexibility index (Phi) is 4.75. The van der Waals surface area contributed by atoms with Gasteiger partial charge in [0.15, 0.2) is 5.65 Å². The van der Waals surface area contributed by atoms with Gasteiger partial charge in [-0.3, -0.25) is 9.48 Å². The normalized spacial score (nSPS) is 11.0. The standard InChI is InChI=1S/C16H16FN5OS/c1-21(8-11-3-5-12(17)6-4-11)14(23)9-24-16-13-7-20-22(2)15(13)18-10-19-16/h3-7,10H,8-9H2,1-2H3. The molecule has 0 N–H and O–H groups in total. The van der Waals surface area contributed by atoms with Gasteiger partial charge >= 0.3 is 0 Å². The fourth-order valence-corrected chi connectivity index (χ4v) is 3.15. The van der Waals surface area contributed by atoms with Crippen LogP contribution in [0.15, 0.2) is 41.8 Å². The Morgan fingerprint density at radius 3 is 2.79 bits per heavy atom. The van der Waals surface area contributed by atoms with Gasteiger partial charge in [-0.2, -0.15) is 5.10 Å². The molecular weight excluding hydrogens is 329 g/mol. The summed E-state index contributed by atoms with van der Waals surface area (Å²) in [6.07, 6.45) is 3.17. The molecule has 8 heteroatoms. The summed E-state index contributed by atoms with van der Waals surface area (Å²) >= 11 is 1.36. The monoisotopic (exact) mass is 345 g/mol. The van der Waals surface area contributed by atoms with Crippen molar-refractivity contribution in [2.45, 2.75) is 11.6 Å². The van der Waals surface area contributed by atoms with Crippen LogP contribution in [-0.4, -0.2) is 43.4 Å². The molecule has 3 aromatic rings. The summed E-state index contributed by atoms with van der Waals surface area (Å²) in [4.78, 5) is 22.3. The maximum absolute atomic E-state index is 12.9. The van der Waals surface area contributed by atoms with Crippen molar-refractivity contribution in [2.75, 3.05) is 12.8 Å². The predicted octanol–water partition coefficient (Wildman–Crippen LogP) is 2.25. The third-order valence-electron chi connectivity index (χ3n) is 3.58. The lowest BCUT2D eigenvalue weighted by atomic mass is 10.2. The van der Waals surface area contributed by atoms with Crippen molar-refractivity contribution < 1.29 is 9.18 Å². The first kappa shape index (κ1) is 16.4. The number of benzene rings is 1. The second-order valence-electron chi connectivity index (χ2n) is 5.35. The van der Waals surface area contributed by atoms with Crippen LogP contribution in [0.2, 0.25) is 0 Å². The molecule has 1 aromatic carbocycles. The Bertz CT molecular complexity index is 865. The molecule has 0 fully saturated rings. The summed E-state index contributed by atoms with van der Waals surface area (Å²) < 4.78 is 14.6. The molecule has 0 bridgehead atoms. The van der Waals surface area contributed by atoms with Gasteiger partial charge in [0.1, 0.15) is 17.2 Å². The Morgan fingerprint density at radius 1 is 1.29 bits per heavy atom. The first-order valence-electron chi connectivity index (χ1n) is 7.28. The highest BCUT2D eigenvalue weighted by Gasteiger charge is 2.13. The van der Waals surface area contributed by atoms with Crippen molar-refractivity contribution >= 4 is 28.7 Å². The zero-order valence-corrected chi connectivity index (χ0v) is 14.1. The van der Waals surface area contributed by atoms with Crippen LogP contribution >= 0.6 is 11.8 Å². The van der Waals surface area contributed by atoms with E-state index < -0.39 is 0 Å². The molecule has 1 amide bonds. The molecule has 2 aromatic heterocycles. The van der Waals surface area contributed by atoms with Gasteiger partial charge in [-0.15, -0.1) is 0 Å². The minimum atomic E-state index is -0.285. The van der Waals surface area contributed by atoms with Crippen molar-refractivity contribution in [2.24, 2.45) is 7.05 Å². The number of carbonyl (C=O) groups excluding carboxylic acids is 1. The molecule has 2 heterocycles. The lowest BCUT2D eigenvalue weighted by Gasteiger charge is -2.17. The van der Waals surface area contributed by atoms with E-state index in [1.54, 1.807) is 35.0 Å². The van der Waals surface area contributed by atoms with Crippen LogP contribution in [0, 0.1) is 5.82 Å². The number of rotatable bonds is 5. The highest BCUT2D eigenvalue weighted by atomic mass is 32.2. The second-order valence-corrected chi connectivity index (χ2v) is 6.31. The van der Waals surface area contributed by atoms with Crippen molar-refractivity contribution in [1.29, 1.82) is 0 Å². The van der Waals surface area contributed by atoms with Gasteiger partial charge in [-0.05, 0) is 17.7 Å². The van der Waals surface area contributed by atoms with Crippen molar-refractivity contribution in [3.8, 4) is 0 Å². The molecule has 3 rings (SSSR count). The molecule has 0 atom stereocenters. The highest BCUT2D eigenvalue weighted by molar-refractivity contribution is 8.00. The maximum atomic E-state index is 12.9. The molecule has 0 saturated carbocycles.